The van der Waals surface area contributed by atoms with Gasteiger partial charge in [-0.05, 0) is 51.4 Å². The Labute approximate surface area is 157 Å². The number of halogens is 1. The van der Waals surface area contributed by atoms with E-state index in [9.17, 15) is 0 Å². The van der Waals surface area contributed by atoms with Gasteiger partial charge in [-0.2, -0.15) is 0 Å². The molecule has 1 fully saturated rings. The third-order valence-electron chi connectivity index (χ3n) is 4.26. The quantitative estimate of drug-likeness (QED) is 0.413. The van der Waals surface area contributed by atoms with Crippen LogP contribution in [0.15, 0.2) is 23.3 Å². The number of nitrogens with zero attached hydrogens (tertiary/aromatic N) is 3. The SMILES string of the molecule is CCNC(=NCc1ncccc1C)NCC1CCCN1CC.I. The standard InChI is InChI=1S/C17H29N5.HI/c1-4-18-17(20-12-15-9-7-11-22(15)5-2)21-13-16-14(3)8-6-10-19-16;/h6,8,10,15H,4-5,7,9,11-13H2,1-3H3,(H2,18,20,21);1H. The topological polar surface area (TPSA) is 52.6 Å². The van der Waals surface area contributed by atoms with E-state index in [2.05, 4.69) is 52.3 Å². The van der Waals surface area contributed by atoms with Gasteiger partial charge in [0.1, 0.15) is 0 Å². The van der Waals surface area contributed by atoms with Crippen molar-refractivity contribution >= 4 is 29.9 Å². The fourth-order valence-corrected chi connectivity index (χ4v) is 2.94. The number of hydrogen-bond acceptors (Lipinski definition) is 3. The highest BCUT2D eigenvalue weighted by molar-refractivity contribution is 14.0. The van der Waals surface area contributed by atoms with Gasteiger partial charge in [0.05, 0.1) is 12.2 Å². The lowest BCUT2D eigenvalue weighted by Gasteiger charge is -2.24. The van der Waals surface area contributed by atoms with E-state index in [1.165, 1.54) is 24.9 Å². The number of likely N-dealkylation sites (N-methyl/N-ethyl adjacent to an activating group) is 1. The summed E-state index contributed by atoms with van der Waals surface area (Å²) in [6, 6.07) is 4.67. The molecule has 5 nitrogen and oxygen atoms in total. The number of guanidine groups is 1. The third-order valence-corrected chi connectivity index (χ3v) is 4.26. The van der Waals surface area contributed by atoms with Gasteiger partial charge in [0.25, 0.3) is 0 Å². The second-order valence-electron chi connectivity index (χ2n) is 5.77. The molecule has 1 aliphatic rings. The van der Waals surface area contributed by atoms with Crippen molar-refractivity contribution in [2.45, 2.75) is 46.2 Å². The largest absolute Gasteiger partial charge is 0.357 e. The van der Waals surface area contributed by atoms with Crippen LogP contribution in [0.25, 0.3) is 0 Å². The van der Waals surface area contributed by atoms with E-state index in [1.807, 2.05) is 12.3 Å². The van der Waals surface area contributed by atoms with E-state index in [-0.39, 0.29) is 24.0 Å². The molecule has 23 heavy (non-hydrogen) atoms. The predicted octanol–water partition coefficient (Wildman–Crippen LogP) is 2.55. The Morgan fingerprint density at radius 3 is 2.91 bits per heavy atom. The molecule has 2 rings (SSSR count). The number of nitrogens with one attached hydrogen (secondary N) is 2. The van der Waals surface area contributed by atoms with E-state index >= 15 is 0 Å². The maximum atomic E-state index is 4.67. The van der Waals surface area contributed by atoms with Crippen molar-refractivity contribution < 1.29 is 0 Å². The molecule has 1 atom stereocenters. The third kappa shape index (κ3) is 6.25. The molecule has 0 spiro atoms. The molecule has 2 N–H and O–H groups in total. The maximum absolute atomic E-state index is 4.67. The van der Waals surface area contributed by atoms with Crippen molar-refractivity contribution in [1.82, 2.24) is 20.5 Å². The summed E-state index contributed by atoms with van der Waals surface area (Å²) in [6.07, 6.45) is 4.41. The molecular weight excluding hydrogens is 401 g/mol. The van der Waals surface area contributed by atoms with Gasteiger partial charge in [0.2, 0.25) is 0 Å². The predicted molar refractivity (Wildman–Crippen MR) is 107 cm³/mol. The zero-order valence-corrected chi connectivity index (χ0v) is 16.8. The number of hydrogen-bond donors (Lipinski definition) is 2. The van der Waals surface area contributed by atoms with E-state index in [0.29, 0.717) is 12.6 Å². The van der Waals surface area contributed by atoms with Crippen molar-refractivity contribution in [3.63, 3.8) is 0 Å². The average molecular weight is 431 g/mol. The molecule has 1 unspecified atom stereocenters. The summed E-state index contributed by atoms with van der Waals surface area (Å²) in [4.78, 5) is 11.6. The van der Waals surface area contributed by atoms with Crippen LogP contribution in [-0.4, -0.2) is 48.1 Å². The van der Waals surface area contributed by atoms with E-state index < -0.39 is 0 Å². The summed E-state index contributed by atoms with van der Waals surface area (Å²) in [5.74, 6) is 0.885. The molecule has 0 bridgehead atoms. The van der Waals surface area contributed by atoms with Gasteiger partial charge < -0.3 is 10.6 Å². The lowest BCUT2D eigenvalue weighted by atomic mass is 10.2. The van der Waals surface area contributed by atoms with Crippen LogP contribution in [0.3, 0.4) is 0 Å². The minimum Gasteiger partial charge on any atom is -0.357 e. The van der Waals surface area contributed by atoms with E-state index in [4.69, 9.17) is 0 Å². The van der Waals surface area contributed by atoms with Crippen LogP contribution < -0.4 is 10.6 Å². The Hall–Kier alpha value is -0.890. The van der Waals surface area contributed by atoms with Crippen LogP contribution >= 0.6 is 24.0 Å². The molecule has 6 heteroatoms. The lowest BCUT2D eigenvalue weighted by Crippen LogP contribution is -2.44. The van der Waals surface area contributed by atoms with Crippen LogP contribution in [0.1, 0.15) is 37.9 Å². The first-order valence-corrected chi connectivity index (χ1v) is 8.41. The number of aromatic nitrogens is 1. The molecule has 1 aliphatic heterocycles. The highest BCUT2D eigenvalue weighted by Crippen LogP contribution is 2.15. The Morgan fingerprint density at radius 1 is 1.39 bits per heavy atom. The Bertz CT molecular complexity index is 492. The average Bonchev–Trinajstić information content (AvgIpc) is 2.99. The van der Waals surface area contributed by atoms with Gasteiger partial charge in [-0.25, -0.2) is 4.99 Å². The van der Waals surface area contributed by atoms with Crippen molar-refractivity contribution in [2.75, 3.05) is 26.2 Å². The molecule has 0 amide bonds. The van der Waals surface area contributed by atoms with Crippen LogP contribution in [-0.2, 0) is 6.54 Å². The van der Waals surface area contributed by atoms with Crippen molar-refractivity contribution in [3.05, 3.63) is 29.6 Å². The van der Waals surface area contributed by atoms with Gasteiger partial charge in [0.15, 0.2) is 5.96 Å². The summed E-state index contributed by atoms with van der Waals surface area (Å²) >= 11 is 0. The van der Waals surface area contributed by atoms with Crippen molar-refractivity contribution in [2.24, 2.45) is 4.99 Å². The molecule has 0 aromatic carbocycles. The molecule has 2 heterocycles. The summed E-state index contributed by atoms with van der Waals surface area (Å²) in [7, 11) is 0. The smallest absolute Gasteiger partial charge is 0.191 e. The molecule has 0 saturated carbocycles. The zero-order chi connectivity index (χ0) is 15.8. The second kappa shape index (κ2) is 10.8. The summed E-state index contributed by atoms with van der Waals surface area (Å²) in [5, 5.41) is 6.81. The van der Waals surface area contributed by atoms with Gasteiger partial charge in [-0.1, -0.05) is 13.0 Å². The highest BCUT2D eigenvalue weighted by Gasteiger charge is 2.22. The zero-order valence-electron chi connectivity index (χ0n) is 14.5. The Balaban J connectivity index is 0.00000264. The van der Waals surface area contributed by atoms with Gasteiger partial charge in [-0.3, -0.25) is 9.88 Å². The van der Waals surface area contributed by atoms with Gasteiger partial charge in [0, 0.05) is 25.3 Å². The van der Waals surface area contributed by atoms with Crippen LogP contribution in [0.2, 0.25) is 0 Å². The van der Waals surface area contributed by atoms with Crippen LogP contribution in [0.4, 0.5) is 0 Å². The van der Waals surface area contributed by atoms with Crippen LogP contribution in [0, 0.1) is 6.92 Å². The fourth-order valence-electron chi connectivity index (χ4n) is 2.94. The second-order valence-corrected chi connectivity index (χ2v) is 5.77. The summed E-state index contributed by atoms with van der Waals surface area (Å²) in [6.45, 7) is 11.2. The number of aliphatic imine (C=N–C) groups is 1. The number of likely N-dealkylation sites (tertiary alicyclic amines) is 1. The molecule has 0 aliphatic carbocycles. The monoisotopic (exact) mass is 431 g/mol. The first kappa shape index (κ1) is 20.2. The molecule has 1 aromatic rings. The fraction of sp³-hybridized carbons (Fsp3) is 0.647. The number of aryl methyl sites for hydroxylation is 1. The Kier molecular flexibility index (Phi) is 9.47. The highest BCUT2D eigenvalue weighted by atomic mass is 127. The molecule has 1 aromatic heterocycles. The molecule has 130 valence electrons. The summed E-state index contributed by atoms with van der Waals surface area (Å²) in [5.41, 5.74) is 2.23. The molecule has 1 saturated heterocycles. The van der Waals surface area contributed by atoms with E-state index in [0.717, 1.165) is 31.3 Å². The van der Waals surface area contributed by atoms with Gasteiger partial charge in [-0.15, -0.1) is 24.0 Å². The first-order valence-electron chi connectivity index (χ1n) is 8.41. The minimum absolute atomic E-state index is 0. The van der Waals surface area contributed by atoms with Gasteiger partial charge >= 0.3 is 0 Å². The normalized spacial score (nSPS) is 18.6. The van der Waals surface area contributed by atoms with Crippen molar-refractivity contribution in [1.29, 1.82) is 0 Å². The number of pyridine rings is 1. The Morgan fingerprint density at radius 2 is 2.22 bits per heavy atom. The van der Waals surface area contributed by atoms with Crippen molar-refractivity contribution in [3.8, 4) is 0 Å². The molecular formula is C17H30IN5. The lowest BCUT2D eigenvalue weighted by molar-refractivity contribution is 0.267. The number of rotatable bonds is 6. The maximum Gasteiger partial charge on any atom is 0.191 e. The van der Waals surface area contributed by atoms with E-state index in [1.54, 1.807) is 0 Å². The summed E-state index contributed by atoms with van der Waals surface area (Å²) < 4.78 is 0. The first-order chi connectivity index (χ1) is 10.7. The van der Waals surface area contributed by atoms with Crippen LogP contribution in [0.5, 0.6) is 0 Å². The molecule has 0 radical (unpaired) electrons. The minimum atomic E-state index is 0.